The van der Waals surface area contributed by atoms with Crippen molar-refractivity contribution >= 4 is 23.4 Å². The maximum Gasteiger partial charge on any atom is 0.248 e. The fraction of sp³-hybridized carbons (Fsp3) is 0.429. The Kier molecular flexibility index (Phi) is 5.41. The van der Waals surface area contributed by atoms with Crippen LogP contribution in [-0.4, -0.2) is 49.1 Å². The van der Waals surface area contributed by atoms with Crippen LogP contribution >= 0.6 is 11.6 Å². The van der Waals surface area contributed by atoms with E-state index >= 15 is 0 Å². The van der Waals surface area contributed by atoms with Crippen molar-refractivity contribution in [1.82, 2.24) is 4.90 Å². The largest absolute Gasteiger partial charge is 0.493 e. The summed E-state index contributed by atoms with van der Waals surface area (Å²) in [7, 11) is 0. The number of nitrogens with two attached hydrogens (primary N) is 1. The zero-order valence-electron chi connectivity index (χ0n) is 11.5. The fourth-order valence-corrected chi connectivity index (χ4v) is 2.12. The highest BCUT2D eigenvalue weighted by atomic mass is 35.5. The Morgan fingerprint density at radius 2 is 2.10 bits per heavy atom. The van der Waals surface area contributed by atoms with Gasteiger partial charge < -0.3 is 20.1 Å². The lowest BCUT2D eigenvalue weighted by Gasteiger charge is -2.31. The number of carbonyl (C=O) groups excluding carboxylic acids is 2. The summed E-state index contributed by atoms with van der Waals surface area (Å²) >= 11 is 5.77. The highest BCUT2D eigenvalue weighted by Crippen LogP contribution is 2.15. The zero-order chi connectivity index (χ0) is 15.2. The van der Waals surface area contributed by atoms with E-state index in [1.807, 2.05) is 0 Å². The lowest BCUT2D eigenvalue weighted by molar-refractivity contribution is -0.145. The lowest BCUT2D eigenvalue weighted by atomic mass is 10.2. The molecule has 2 rings (SSSR count). The molecule has 0 aromatic heterocycles. The summed E-state index contributed by atoms with van der Waals surface area (Å²) in [5.74, 6) is 0.0209. The first-order chi connectivity index (χ1) is 10.1. The molecule has 1 aromatic carbocycles. The van der Waals surface area contributed by atoms with E-state index in [0.29, 0.717) is 23.9 Å². The standard InChI is InChI=1S/C14H17ClN2O4/c15-10-1-3-11(4-2-10)20-7-5-13(18)17-6-8-21-12(9-17)14(16)19/h1-4,12H,5-9H2,(H2,16,19). The summed E-state index contributed by atoms with van der Waals surface area (Å²) in [6.45, 7) is 1.25. The van der Waals surface area contributed by atoms with E-state index in [4.69, 9.17) is 26.8 Å². The number of benzene rings is 1. The third-order valence-electron chi connectivity index (χ3n) is 3.13. The molecule has 6 nitrogen and oxygen atoms in total. The number of hydrogen-bond donors (Lipinski definition) is 1. The minimum atomic E-state index is -0.722. The van der Waals surface area contributed by atoms with Crippen molar-refractivity contribution in [2.45, 2.75) is 12.5 Å². The molecule has 1 aliphatic heterocycles. The van der Waals surface area contributed by atoms with Gasteiger partial charge in [0.2, 0.25) is 11.8 Å². The van der Waals surface area contributed by atoms with Crippen molar-refractivity contribution < 1.29 is 19.1 Å². The Hall–Kier alpha value is -1.79. The van der Waals surface area contributed by atoms with Gasteiger partial charge >= 0.3 is 0 Å². The van der Waals surface area contributed by atoms with E-state index in [-0.39, 0.29) is 25.5 Å². The first-order valence-corrected chi connectivity index (χ1v) is 7.01. The van der Waals surface area contributed by atoms with Gasteiger partial charge in [0.1, 0.15) is 5.75 Å². The first-order valence-electron chi connectivity index (χ1n) is 6.63. The smallest absolute Gasteiger partial charge is 0.248 e. The van der Waals surface area contributed by atoms with Crippen LogP contribution in [-0.2, 0) is 14.3 Å². The normalized spacial score (nSPS) is 18.3. The topological polar surface area (TPSA) is 81.9 Å². The number of morpholine rings is 1. The Morgan fingerprint density at radius 1 is 1.38 bits per heavy atom. The maximum absolute atomic E-state index is 12.0. The minimum Gasteiger partial charge on any atom is -0.493 e. The molecule has 114 valence electrons. The zero-order valence-corrected chi connectivity index (χ0v) is 12.2. The van der Waals surface area contributed by atoms with Gasteiger partial charge in [-0.2, -0.15) is 0 Å². The number of carbonyl (C=O) groups is 2. The van der Waals surface area contributed by atoms with Crippen LogP contribution in [0.1, 0.15) is 6.42 Å². The monoisotopic (exact) mass is 312 g/mol. The van der Waals surface area contributed by atoms with Gasteiger partial charge in [0.05, 0.1) is 26.2 Å². The van der Waals surface area contributed by atoms with Crippen LogP contribution in [0.15, 0.2) is 24.3 Å². The molecule has 1 aromatic rings. The second kappa shape index (κ2) is 7.28. The molecule has 0 spiro atoms. The average Bonchev–Trinajstić information content (AvgIpc) is 2.49. The van der Waals surface area contributed by atoms with Gasteiger partial charge in [-0.05, 0) is 24.3 Å². The predicted octanol–water partition coefficient (Wildman–Crippen LogP) is 0.822. The van der Waals surface area contributed by atoms with Crippen molar-refractivity contribution in [2.75, 3.05) is 26.3 Å². The van der Waals surface area contributed by atoms with Crippen molar-refractivity contribution in [3.05, 3.63) is 29.3 Å². The predicted molar refractivity (Wildman–Crippen MR) is 77.1 cm³/mol. The van der Waals surface area contributed by atoms with Gasteiger partial charge in [-0.15, -0.1) is 0 Å². The summed E-state index contributed by atoms with van der Waals surface area (Å²) in [6.07, 6.45) is -0.492. The molecule has 1 aliphatic rings. The van der Waals surface area contributed by atoms with Crippen LogP contribution in [0.2, 0.25) is 5.02 Å². The highest BCUT2D eigenvalue weighted by Gasteiger charge is 2.27. The Bertz CT molecular complexity index is 506. The van der Waals surface area contributed by atoms with Crippen LogP contribution < -0.4 is 10.5 Å². The first kappa shape index (κ1) is 15.6. The quantitative estimate of drug-likeness (QED) is 0.872. The van der Waals surface area contributed by atoms with Gasteiger partial charge in [-0.1, -0.05) is 11.6 Å². The Balaban J connectivity index is 1.76. The van der Waals surface area contributed by atoms with Gasteiger partial charge in [0.25, 0.3) is 0 Å². The van der Waals surface area contributed by atoms with Crippen LogP contribution in [0.25, 0.3) is 0 Å². The van der Waals surface area contributed by atoms with E-state index < -0.39 is 12.0 Å². The lowest BCUT2D eigenvalue weighted by Crippen LogP contribution is -2.50. The fourth-order valence-electron chi connectivity index (χ4n) is 1.99. The molecule has 1 heterocycles. The summed E-state index contributed by atoms with van der Waals surface area (Å²) in [5, 5.41) is 0.629. The van der Waals surface area contributed by atoms with Gasteiger partial charge in [-0.3, -0.25) is 9.59 Å². The number of amides is 2. The van der Waals surface area contributed by atoms with Crippen LogP contribution in [0.3, 0.4) is 0 Å². The summed E-state index contributed by atoms with van der Waals surface area (Å²) in [6, 6.07) is 6.92. The molecule has 0 saturated carbocycles. The van der Waals surface area contributed by atoms with Gasteiger partial charge in [-0.25, -0.2) is 0 Å². The molecule has 1 fully saturated rings. The molecule has 0 aliphatic carbocycles. The summed E-state index contributed by atoms with van der Waals surface area (Å²) in [5.41, 5.74) is 5.18. The molecule has 2 amide bonds. The Labute approximate surface area is 127 Å². The molecule has 7 heteroatoms. The van der Waals surface area contributed by atoms with E-state index in [1.54, 1.807) is 29.2 Å². The van der Waals surface area contributed by atoms with Gasteiger partial charge in [0, 0.05) is 11.6 Å². The van der Waals surface area contributed by atoms with Crippen molar-refractivity contribution in [3.63, 3.8) is 0 Å². The molecule has 1 unspecified atom stereocenters. The van der Waals surface area contributed by atoms with E-state index in [9.17, 15) is 9.59 Å². The maximum atomic E-state index is 12.0. The van der Waals surface area contributed by atoms with Crippen LogP contribution in [0.5, 0.6) is 5.75 Å². The number of halogens is 1. The van der Waals surface area contributed by atoms with Crippen molar-refractivity contribution in [3.8, 4) is 5.75 Å². The SMILES string of the molecule is NC(=O)C1CN(C(=O)CCOc2ccc(Cl)cc2)CCO1. The van der Waals surface area contributed by atoms with Crippen LogP contribution in [0.4, 0.5) is 0 Å². The summed E-state index contributed by atoms with van der Waals surface area (Å²) in [4.78, 5) is 24.7. The molecule has 1 atom stereocenters. The van der Waals surface area contributed by atoms with Crippen LogP contribution in [0, 0.1) is 0 Å². The van der Waals surface area contributed by atoms with Crippen molar-refractivity contribution in [1.29, 1.82) is 0 Å². The van der Waals surface area contributed by atoms with Gasteiger partial charge in [0.15, 0.2) is 6.10 Å². The average molecular weight is 313 g/mol. The second-order valence-electron chi connectivity index (χ2n) is 4.65. The summed E-state index contributed by atoms with van der Waals surface area (Å²) < 4.78 is 10.7. The molecule has 21 heavy (non-hydrogen) atoms. The number of nitrogens with zero attached hydrogens (tertiary/aromatic N) is 1. The number of primary amides is 1. The van der Waals surface area contributed by atoms with E-state index in [2.05, 4.69) is 0 Å². The molecular formula is C14H17ClN2O4. The molecule has 0 bridgehead atoms. The third kappa shape index (κ3) is 4.61. The molecular weight excluding hydrogens is 296 g/mol. The molecule has 1 saturated heterocycles. The van der Waals surface area contributed by atoms with Crippen molar-refractivity contribution in [2.24, 2.45) is 5.73 Å². The number of hydrogen-bond acceptors (Lipinski definition) is 4. The van der Waals surface area contributed by atoms with E-state index in [0.717, 1.165) is 0 Å². The van der Waals surface area contributed by atoms with E-state index in [1.165, 1.54) is 0 Å². The third-order valence-corrected chi connectivity index (χ3v) is 3.39. The molecule has 0 radical (unpaired) electrons. The highest BCUT2D eigenvalue weighted by molar-refractivity contribution is 6.30. The molecule has 2 N–H and O–H groups in total. The second-order valence-corrected chi connectivity index (χ2v) is 5.09. The number of ether oxygens (including phenoxy) is 2. The number of rotatable bonds is 5. The Morgan fingerprint density at radius 3 is 2.76 bits per heavy atom. The minimum absolute atomic E-state index is 0.0847.